The monoisotopic (exact) mass is 360 g/mol. The summed E-state index contributed by atoms with van der Waals surface area (Å²) >= 11 is 0. The number of rotatable bonds is 3. The molecule has 2 amide bonds. The predicted octanol–water partition coefficient (Wildman–Crippen LogP) is 0.637. The molecule has 3 heterocycles. The Balaban J connectivity index is 1.51. The molecule has 2 unspecified atom stereocenters. The second kappa shape index (κ2) is 8.03. The summed E-state index contributed by atoms with van der Waals surface area (Å²) in [6.07, 6.45) is 2.70. The Kier molecular flexibility index (Phi) is 5.76. The highest BCUT2D eigenvalue weighted by Crippen LogP contribution is 2.21. The van der Waals surface area contributed by atoms with Crippen LogP contribution in [-0.2, 0) is 4.79 Å². The molecular formula is C19H28N4O3. The smallest absolute Gasteiger partial charge is 0.260 e. The normalized spacial score (nSPS) is 24.5. The molecule has 2 saturated heterocycles. The minimum absolute atomic E-state index is 0.174. The molecule has 0 radical (unpaired) electrons. The van der Waals surface area contributed by atoms with Crippen LogP contribution in [0.2, 0.25) is 0 Å². The zero-order valence-corrected chi connectivity index (χ0v) is 15.6. The van der Waals surface area contributed by atoms with E-state index in [9.17, 15) is 14.4 Å². The molecule has 7 nitrogen and oxygen atoms in total. The number of hydrogen-bond donors (Lipinski definition) is 1. The topological polar surface area (TPSA) is 76.7 Å². The van der Waals surface area contributed by atoms with E-state index in [0.29, 0.717) is 44.6 Å². The SMILES string of the molecule is CC1CC(C)CN(C(=O)CN2CCN(C(=O)c3ccc[nH]c3=O)CC2)C1. The first-order chi connectivity index (χ1) is 12.4. The maximum Gasteiger partial charge on any atom is 0.260 e. The standard InChI is InChI=1S/C19H28N4O3/c1-14-10-15(2)12-23(11-14)17(24)13-21-6-8-22(9-7-21)19(26)16-4-3-5-20-18(16)25/h3-5,14-15H,6-13H2,1-2H3,(H,20,25). The third-order valence-corrected chi connectivity index (χ3v) is 5.29. The van der Waals surface area contributed by atoms with Gasteiger partial charge in [-0.25, -0.2) is 0 Å². The van der Waals surface area contributed by atoms with Crippen molar-refractivity contribution < 1.29 is 9.59 Å². The molecular weight excluding hydrogens is 332 g/mol. The van der Waals surface area contributed by atoms with Gasteiger partial charge < -0.3 is 14.8 Å². The number of piperazine rings is 1. The van der Waals surface area contributed by atoms with Crippen molar-refractivity contribution in [2.24, 2.45) is 11.8 Å². The number of nitrogens with zero attached hydrogens (tertiary/aromatic N) is 3. The van der Waals surface area contributed by atoms with Crippen molar-refractivity contribution in [1.29, 1.82) is 0 Å². The van der Waals surface area contributed by atoms with Crippen LogP contribution in [0.25, 0.3) is 0 Å². The Labute approximate surface area is 154 Å². The van der Waals surface area contributed by atoms with Gasteiger partial charge in [0.05, 0.1) is 6.54 Å². The fourth-order valence-electron chi connectivity index (χ4n) is 4.03. The van der Waals surface area contributed by atoms with Gasteiger partial charge in [0.2, 0.25) is 5.91 Å². The number of aromatic nitrogens is 1. The summed E-state index contributed by atoms with van der Waals surface area (Å²) < 4.78 is 0. The van der Waals surface area contributed by atoms with Gasteiger partial charge in [-0.05, 0) is 30.4 Å². The van der Waals surface area contributed by atoms with Crippen LogP contribution in [0.15, 0.2) is 23.1 Å². The Hall–Kier alpha value is -2.15. The number of nitrogens with one attached hydrogen (secondary N) is 1. The molecule has 1 aromatic rings. The Morgan fingerprint density at radius 1 is 1.08 bits per heavy atom. The van der Waals surface area contributed by atoms with Crippen LogP contribution < -0.4 is 5.56 Å². The van der Waals surface area contributed by atoms with Crippen LogP contribution in [0, 0.1) is 11.8 Å². The average molecular weight is 360 g/mol. The van der Waals surface area contributed by atoms with Crippen molar-refractivity contribution in [2.75, 3.05) is 45.8 Å². The molecule has 1 aromatic heterocycles. The van der Waals surface area contributed by atoms with Crippen molar-refractivity contribution in [3.05, 3.63) is 34.2 Å². The van der Waals surface area contributed by atoms with E-state index in [1.54, 1.807) is 17.0 Å². The number of piperidine rings is 1. The largest absolute Gasteiger partial charge is 0.341 e. The number of hydrogen-bond acceptors (Lipinski definition) is 4. The van der Waals surface area contributed by atoms with Crippen molar-refractivity contribution >= 4 is 11.8 Å². The highest BCUT2D eigenvalue weighted by atomic mass is 16.2. The average Bonchev–Trinajstić information content (AvgIpc) is 2.61. The fourth-order valence-corrected chi connectivity index (χ4v) is 4.03. The molecule has 7 heteroatoms. The van der Waals surface area contributed by atoms with Crippen molar-refractivity contribution in [2.45, 2.75) is 20.3 Å². The lowest BCUT2D eigenvalue weighted by Gasteiger charge is -2.38. The molecule has 2 atom stereocenters. The zero-order chi connectivity index (χ0) is 18.7. The lowest BCUT2D eigenvalue weighted by atomic mass is 9.92. The first-order valence-corrected chi connectivity index (χ1v) is 9.41. The van der Waals surface area contributed by atoms with E-state index < -0.39 is 0 Å². The van der Waals surface area contributed by atoms with Gasteiger partial charge in [-0.15, -0.1) is 0 Å². The Morgan fingerprint density at radius 2 is 1.73 bits per heavy atom. The van der Waals surface area contributed by atoms with Crippen molar-refractivity contribution in [1.82, 2.24) is 19.7 Å². The molecule has 26 heavy (non-hydrogen) atoms. The number of amides is 2. The summed E-state index contributed by atoms with van der Waals surface area (Å²) in [6, 6.07) is 3.21. The second-order valence-electron chi connectivity index (χ2n) is 7.73. The minimum atomic E-state index is -0.358. The van der Waals surface area contributed by atoms with Gasteiger partial charge in [-0.1, -0.05) is 13.8 Å². The number of likely N-dealkylation sites (tertiary alicyclic amines) is 1. The molecule has 0 aliphatic carbocycles. The number of pyridine rings is 1. The molecule has 0 spiro atoms. The molecule has 0 bridgehead atoms. The van der Waals surface area contributed by atoms with Gasteiger partial charge in [-0.3, -0.25) is 19.3 Å². The van der Waals surface area contributed by atoms with Crippen molar-refractivity contribution in [3.63, 3.8) is 0 Å². The molecule has 1 N–H and O–H groups in total. The number of carbonyl (C=O) groups is 2. The van der Waals surface area contributed by atoms with Crippen LogP contribution in [-0.4, -0.2) is 77.3 Å². The Bertz CT molecular complexity index is 699. The molecule has 0 aromatic carbocycles. The third-order valence-electron chi connectivity index (χ3n) is 5.29. The summed E-state index contributed by atoms with van der Waals surface area (Å²) in [5.41, 5.74) is -0.184. The molecule has 0 saturated carbocycles. The number of carbonyl (C=O) groups excluding carboxylic acids is 2. The van der Waals surface area contributed by atoms with E-state index in [4.69, 9.17) is 0 Å². The summed E-state index contributed by atoms with van der Waals surface area (Å²) in [4.78, 5) is 45.2. The van der Waals surface area contributed by atoms with Crippen LogP contribution >= 0.6 is 0 Å². The van der Waals surface area contributed by atoms with E-state index >= 15 is 0 Å². The van der Waals surface area contributed by atoms with E-state index in [2.05, 4.69) is 23.7 Å². The maximum absolute atomic E-state index is 12.6. The Morgan fingerprint density at radius 3 is 2.35 bits per heavy atom. The first-order valence-electron chi connectivity index (χ1n) is 9.41. The van der Waals surface area contributed by atoms with Gasteiger partial charge in [0, 0.05) is 45.5 Å². The zero-order valence-electron chi connectivity index (χ0n) is 15.6. The highest BCUT2D eigenvalue weighted by Gasteiger charge is 2.28. The second-order valence-corrected chi connectivity index (χ2v) is 7.73. The van der Waals surface area contributed by atoms with Crippen LogP contribution in [0.4, 0.5) is 0 Å². The minimum Gasteiger partial charge on any atom is -0.341 e. The van der Waals surface area contributed by atoms with E-state index in [0.717, 1.165) is 13.1 Å². The van der Waals surface area contributed by atoms with Crippen LogP contribution in [0.1, 0.15) is 30.6 Å². The predicted molar refractivity (Wildman–Crippen MR) is 98.9 cm³/mol. The van der Waals surface area contributed by atoms with E-state index in [1.807, 2.05) is 4.90 Å². The number of aromatic amines is 1. The molecule has 2 fully saturated rings. The summed E-state index contributed by atoms with van der Waals surface area (Å²) in [7, 11) is 0. The van der Waals surface area contributed by atoms with Gasteiger partial charge in [0.15, 0.2) is 0 Å². The van der Waals surface area contributed by atoms with Gasteiger partial charge in [0.25, 0.3) is 11.5 Å². The van der Waals surface area contributed by atoms with Crippen molar-refractivity contribution in [3.8, 4) is 0 Å². The van der Waals surface area contributed by atoms with E-state index in [-0.39, 0.29) is 22.9 Å². The quantitative estimate of drug-likeness (QED) is 0.858. The van der Waals surface area contributed by atoms with Gasteiger partial charge in [-0.2, -0.15) is 0 Å². The maximum atomic E-state index is 12.6. The van der Waals surface area contributed by atoms with E-state index in [1.165, 1.54) is 12.6 Å². The molecule has 2 aliphatic heterocycles. The summed E-state index contributed by atoms with van der Waals surface area (Å²) in [5, 5.41) is 0. The lowest BCUT2D eigenvalue weighted by molar-refractivity contribution is -0.135. The number of H-pyrrole nitrogens is 1. The summed E-state index contributed by atoms with van der Waals surface area (Å²) in [5.74, 6) is 1.06. The third kappa shape index (κ3) is 4.33. The first kappa shape index (κ1) is 18.6. The summed E-state index contributed by atoms with van der Waals surface area (Å²) in [6.45, 7) is 8.88. The lowest BCUT2D eigenvalue weighted by Crippen LogP contribution is -2.53. The van der Waals surface area contributed by atoms with Crippen LogP contribution in [0.5, 0.6) is 0 Å². The van der Waals surface area contributed by atoms with Gasteiger partial charge in [0.1, 0.15) is 5.56 Å². The molecule has 2 aliphatic rings. The molecule has 3 rings (SSSR count). The van der Waals surface area contributed by atoms with Gasteiger partial charge >= 0.3 is 0 Å². The van der Waals surface area contributed by atoms with Crippen LogP contribution in [0.3, 0.4) is 0 Å². The molecule has 142 valence electrons. The fraction of sp³-hybridized carbons (Fsp3) is 0.632. The highest BCUT2D eigenvalue weighted by molar-refractivity contribution is 5.93.